The second-order valence-corrected chi connectivity index (χ2v) is 6.26. The molecule has 1 unspecified atom stereocenters. The molecule has 1 atom stereocenters. The van der Waals surface area contributed by atoms with Crippen molar-refractivity contribution in [1.82, 2.24) is 0 Å². The maximum Gasteiger partial charge on any atom is 0.269 e. The van der Waals surface area contributed by atoms with Crippen LogP contribution in [-0.4, -0.2) is 16.6 Å². The lowest BCUT2D eigenvalue weighted by Gasteiger charge is -2.24. The standard InChI is InChI=1S/C15H11ClN2O3S/c16-11-4-2-5-12(8-11)17-14(19)9-22-15(17)10-3-1-6-13(7-10)18(20)21/h1-8,15H,9H2. The second kappa shape index (κ2) is 5.98. The number of carbonyl (C=O) groups excluding carboxylic acids is 1. The average Bonchev–Trinajstić information content (AvgIpc) is 2.89. The second-order valence-electron chi connectivity index (χ2n) is 4.76. The molecule has 3 rings (SSSR count). The van der Waals surface area contributed by atoms with Crippen LogP contribution < -0.4 is 4.90 Å². The van der Waals surface area contributed by atoms with E-state index >= 15 is 0 Å². The van der Waals surface area contributed by atoms with Gasteiger partial charge in [-0.1, -0.05) is 29.8 Å². The Morgan fingerprint density at radius 3 is 2.73 bits per heavy atom. The first-order chi connectivity index (χ1) is 10.6. The van der Waals surface area contributed by atoms with Gasteiger partial charge in [-0.3, -0.25) is 19.8 Å². The summed E-state index contributed by atoms with van der Waals surface area (Å²) in [7, 11) is 0. The van der Waals surface area contributed by atoms with Gasteiger partial charge in [0.25, 0.3) is 5.69 Å². The highest BCUT2D eigenvalue weighted by atomic mass is 35.5. The molecule has 0 bridgehead atoms. The third-order valence-corrected chi connectivity index (χ3v) is 4.77. The number of nitrogens with zero attached hydrogens (tertiary/aromatic N) is 2. The van der Waals surface area contributed by atoms with E-state index in [9.17, 15) is 14.9 Å². The third-order valence-electron chi connectivity index (χ3n) is 3.32. The summed E-state index contributed by atoms with van der Waals surface area (Å²) in [6, 6.07) is 13.4. The summed E-state index contributed by atoms with van der Waals surface area (Å²) in [5, 5.41) is 11.2. The highest BCUT2D eigenvalue weighted by Crippen LogP contribution is 2.42. The van der Waals surface area contributed by atoms with Crippen LogP contribution in [0.2, 0.25) is 5.02 Å². The summed E-state index contributed by atoms with van der Waals surface area (Å²) in [5.74, 6) is 0.295. The molecule has 112 valence electrons. The number of carbonyl (C=O) groups is 1. The molecule has 1 heterocycles. The number of nitro benzene ring substituents is 1. The van der Waals surface area contributed by atoms with E-state index in [-0.39, 0.29) is 17.0 Å². The fourth-order valence-corrected chi connectivity index (χ4v) is 3.72. The maximum atomic E-state index is 12.2. The van der Waals surface area contributed by atoms with Crippen molar-refractivity contribution >= 4 is 40.6 Å². The van der Waals surface area contributed by atoms with E-state index in [2.05, 4.69) is 0 Å². The lowest BCUT2D eigenvalue weighted by Crippen LogP contribution is -2.27. The zero-order chi connectivity index (χ0) is 15.7. The van der Waals surface area contributed by atoms with Crippen molar-refractivity contribution in [1.29, 1.82) is 0 Å². The molecule has 7 heteroatoms. The first-order valence-electron chi connectivity index (χ1n) is 6.50. The Balaban J connectivity index is 2.00. The van der Waals surface area contributed by atoms with Crippen molar-refractivity contribution in [2.75, 3.05) is 10.7 Å². The Bertz CT molecular complexity index is 753. The first-order valence-corrected chi connectivity index (χ1v) is 7.92. The SMILES string of the molecule is O=C1CSC(c2cccc([N+](=O)[O-])c2)N1c1cccc(Cl)c1. The number of amides is 1. The van der Waals surface area contributed by atoms with Gasteiger partial charge in [0.1, 0.15) is 5.37 Å². The Morgan fingerprint density at radius 2 is 2.00 bits per heavy atom. The van der Waals surface area contributed by atoms with Crippen molar-refractivity contribution in [2.24, 2.45) is 0 Å². The number of non-ortho nitro benzene ring substituents is 1. The lowest BCUT2D eigenvalue weighted by atomic mass is 10.1. The highest BCUT2D eigenvalue weighted by Gasteiger charge is 2.34. The number of nitro groups is 1. The van der Waals surface area contributed by atoms with Gasteiger partial charge in [0, 0.05) is 22.8 Å². The largest absolute Gasteiger partial charge is 0.295 e. The van der Waals surface area contributed by atoms with Gasteiger partial charge in [-0.2, -0.15) is 0 Å². The first kappa shape index (κ1) is 14.9. The van der Waals surface area contributed by atoms with Crippen molar-refractivity contribution in [3.05, 3.63) is 69.2 Å². The average molecular weight is 335 g/mol. The summed E-state index contributed by atoms with van der Waals surface area (Å²) in [4.78, 5) is 24.3. The van der Waals surface area contributed by atoms with Gasteiger partial charge in [0.05, 0.1) is 10.7 Å². The molecule has 0 saturated carbocycles. The Kier molecular flexibility index (Phi) is 4.04. The highest BCUT2D eigenvalue weighted by molar-refractivity contribution is 8.00. The molecule has 0 aliphatic carbocycles. The smallest absolute Gasteiger partial charge is 0.269 e. The fraction of sp³-hybridized carbons (Fsp3) is 0.133. The lowest BCUT2D eigenvalue weighted by molar-refractivity contribution is -0.384. The minimum absolute atomic E-state index is 0.0171. The predicted octanol–water partition coefficient (Wildman–Crippen LogP) is 4.03. The van der Waals surface area contributed by atoms with Gasteiger partial charge < -0.3 is 0 Å². The minimum atomic E-state index is -0.436. The molecule has 0 N–H and O–H groups in total. The van der Waals surface area contributed by atoms with Gasteiger partial charge in [-0.25, -0.2) is 0 Å². The normalized spacial score (nSPS) is 17.8. The van der Waals surface area contributed by atoms with E-state index in [0.29, 0.717) is 16.5 Å². The number of hydrogen-bond acceptors (Lipinski definition) is 4. The molecule has 5 nitrogen and oxygen atoms in total. The third kappa shape index (κ3) is 2.80. The van der Waals surface area contributed by atoms with Crippen LogP contribution in [0.1, 0.15) is 10.9 Å². The van der Waals surface area contributed by atoms with Crippen LogP contribution >= 0.6 is 23.4 Å². The number of halogens is 1. The van der Waals surface area contributed by atoms with E-state index in [0.717, 1.165) is 5.56 Å². The Labute approximate surface area is 136 Å². The molecule has 0 spiro atoms. The molecule has 2 aromatic rings. The van der Waals surface area contributed by atoms with Gasteiger partial charge in [-0.15, -0.1) is 11.8 Å². The van der Waals surface area contributed by atoms with Crippen LogP contribution in [-0.2, 0) is 4.79 Å². The minimum Gasteiger partial charge on any atom is -0.295 e. The van der Waals surface area contributed by atoms with Gasteiger partial charge in [0.15, 0.2) is 0 Å². The quantitative estimate of drug-likeness (QED) is 0.628. The van der Waals surface area contributed by atoms with Crippen LogP contribution in [0, 0.1) is 10.1 Å². The van der Waals surface area contributed by atoms with Crippen LogP contribution in [0.4, 0.5) is 11.4 Å². The number of hydrogen-bond donors (Lipinski definition) is 0. The number of rotatable bonds is 3. The molecule has 1 saturated heterocycles. The summed E-state index contributed by atoms with van der Waals surface area (Å²) >= 11 is 7.44. The summed E-state index contributed by atoms with van der Waals surface area (Å²) in [5.41, 5.74) is 1.44. The fourth-order valence-electron chi connectivity index (χ4n) is 2.37. The molecule has 1 aliphatic heterocycles. The van der Waals surface area contributed by atoms with Crippen molar-refractivity contribution in [2.45, 2.75) is 5.37 Å². The summed E-state index contributed by atoms with van der Waals surface area (Å²) in [6.07, 6.45) is 0. The summed E-state index contributed by atoms with van der Waals surface area (Å²) in [6.45, 7) is 0. The molecule has 1 fully saturated rings. The molecule has 2 aromatic carbocycles. The van der Waals surface area contributed by atoms with Gasteiger partial charge in [-0.05, 0) is 23.8 Å². The molecular weight excluding hydrogens is 324 g/mol. The molecule has 0 radical (unpaired) electrons. The monoisotopic (exact) mass is 334 g/mol. The topological polar surface area (TPSA) is 63.4 Å². The predicted molar refractivity (Wildman–Crippen MR) is 87.2 cm³/mol. The van der Waals surface area contributed by atoms with Crippen LogP contribution in [0.15, 0.2) is 48.5 Å². The molecule has 0 aromatic heterocycles. The van der Waals surface area contributed by atoms with E-state index in [4.69, 9.17) is 11.6 Å². The van der Waals surface area contributed by atoms with E-state index in [1.807, 2.05) is 0 Å². The van der Waals surface area contributed by atoms with Gasteiger partial charge in [0.2, 0.25) is 5.91 Å². The number of anilines is 1. The van der Waals surface area contributed by atoms with Crippen molar-refractivity contribution in [3.63, 3.8) is 0 Å². The van der Waals surface area contributed by atoms with Gasteiger partial charge >= 0.3 is 0 Å². The zero-order valence-corrected chi connectivity index (χ0v) is 12.9. The van der Waals surface area contributed by atoms with Crippen molar-refractivity contribution < 1.29 is 9.72 Å². The van der Waals surface area contributed by atoms with E-state index in [1.165, 1.54) is 23.9 Å². The van der Waals surface area contributed by atoms with Crippen molar-refractivity contribution in [3.8, 4) is 0 Å². The molecule has 22 heavy (non-hydrogen) atoms. The summed E-state index contributed by atoms with van der Waals surface area (Å²) < 4.78 is 0. The van der Waals surface area contributed by atoms with E-state index < -0.39 is 4.92 Å². The Morgan fingerprint density at radius 1 is 1.23 bits per heavy atom. The maximum absolute atomic E-state index is 12.2. The number of thioether (sulfide) groups is 1. The van der Waals surface area contributed by atoms with Crippen LogP contribution in [0.25, 0.3) is 0 Å². The molecule has 1 amide bonds. The molecule has 1 aliphatic rings. The Hall–Kier alpha value is -2.05. The molecular formula is C15H11ClN2O3S. The zero-order valence-electron chi connectivity index (χ0n) is 11.3. The van der Waals surface area contributed by atoms with Crippen LogP contribution in [0.3, 0.4) is 0 Å². The van der Waals surface area contributed by atoms with Crippen LogP contribution in [0.5, 0.6) is 0 Å². The van der Waals surface area contributed by atoms with E-state index in [1.54, 1.807) is 41.3 Å². The number of benzene rings is 2.